The Hall–Kier alpha value is 0.440. The van der Waals surface area contributed by atoms with Crippen LogP contribution >= 0.6 is 15.9 Å². The number of hydrogen-bond acceptors (Lipinski definition) is 1. The summed E-state index contributed by atoms with van der Waals surface area (Å²) in [6.07, 6.45) is 1.27. The lowest BCUT2D eigenvalue weighted by molar-refractivity contribution is 0.172. The van der Waals surface area contributed by atoms with Gasteiger partial charge in [-0.15, -0.1) is 0 Å². The van der Waals surface area contributed by atoms with E-state index < -0.39 is 0 Å². The van der Waals surface area contributed by atoms with E-state index in [1.807, 2.05) is 0 Å². The fourth-order valence-electron chi connectivity index (χ4n) is 1.58. The van der Waals surface area contributed by atoms with Gasteiger partial charge in [-0.3, -0.25) is 0 Å². The van der Waals surface area contributed by atoms with Crippen LogP contribution in [0, 0.1) is 11.8 Å². The minimum absolute atomic E-state index is 0.672. The molecular weight excluding hydrogens is 238 g/mol. The Balaban J connectivity index is 4.07. The van der Waals surface area contributed by atoms with Gasteiger partial charge in [-0.2, -0.15) is 0 Å². The smallest absolute Gasteiger partial charge is 0.00717 e. The zero-order valence-corrected chi connectivity index (χ0v) is 12.0. The molecule has 1 unspecified atom stereocenters. The fraction of sp³-hybridized carbons (Fsp3) is 1.00. The third-order valence-electron chi connectivity index (χ3n) is 2.62. The molecule has 0 bridgehead atoms. The lowest BCUT2D eigenvalue weighted by atomic mass is 10.1. The molecule has 0 heterocycles. The van der Waals surface area contributed by atoms with Gasteiger partial charge in [-0.1, -0.05) is 43.1 Å². The first-order valence-electron chi connectivity index (χ1n) is 5.81. The van der Waals surface area contributed by atoms with Crippen LogP contribution in [-0.4, -0.2) is 29.4 Å². The maximum absolute atomic E-state index is 3.59. The zero-order valence-electron chi connectivity index (χ0n) is 10.4. The Kier molecular flexibility index (Phi) is 7.94. The van der Waals surface area contributed by atoms with E-state index in [0.717, 1.165) is 17.2 Å². The first-order chi connectivity index (χ1) is 6.51. The van der Waals surface area contributed by atoms with Crippen molar-refractivity contribution in [1.82, 2.24) is 4.90 Å². The molecule has 0 saturated heterocycles. The van der Waals surface area contributed by atoms with Gasteiger partial charge in [0, 0.05) is 24.5 Å². The zero-order chi connectivity index (χ0) is 11.1. The molecule has 0 rings (SSSR count). The maximum atomic E-state index is 3.59. The Bertz CT molecular complexity index is 130. The summed E-state index contributed by atoms with van der Waals surface area (Å²) in [6, 6.07) is 0.672. The van der Waals surface area contributed by atoms with Crippen molar-refractivity contribution in [3.63, 3.8) is 0 Å². The highest BCUT2D eigenvalue weighted by Crippen LogP contribution is 2.13. The van der Waals surface area contributed by atoms with Crippen molar-refractivity contribution in [2.45, 2.75) is 47.1 Å². The number of nitrogens with zero attached hydrogens (tertiary/aromatic N) is 1. The molecule has 0 aliphatic carbocycles. The van der Waals surface area contributed by atoms with E-state index in [2.05, 4.69) is 55.4 Å². The lowest BCUT2D eigenvalue weighted by Crippen LogP contribution is -2.38. The van der Waals surface area contributed by atoms with Gasteiger partial charge in [0.15, 0.2) is 0 Å². The summed E-state index contributed by atoms with van der Waals surface area (Å²) < 4.78 is 0. The highest BCUT2D eigenvalue weighted by atomic mass is 79.9. The minimum Gasteiger partial charge on any atom is -0.300 e. The highest BCUT2D eigenvalue weighted by Gasteiger charge is 2.15. The topological polar surface area (TPSA) is 3.24 Å². The molecule has 0 amide bonds. The van der Waals surface area contributed by atoms with Crippen molar-refractivity contribution in [3.05, 3.63) is 0 Å². The second-order valence-corrected chi connectivity index (χ2v) is 5.52. The van der Waals surface area contributed by atoms with Gasteiger partial charge in [0.25, 0.3) is 0 Å². The lowest BCUT2D eigenvalue weighted by Gasteiger charge is -2.31. The maximum Gasteiger partial charge on any atom is 0.00717 e. The summed E-state index contributed by atoms with van der Waals surface area (Å²) in [5.74, 6) is 1.57. The van der Waals surface area contributed by atoms with Gasteiger partial charge in [-0.05, 0) is 25.7 Å². The molecule has 0 aromatic rings. The molecule has 0 aliphatic heterocycles. The number of rotatable bonds is 7. The molecule has 2 heteroatoms. The molecule has 14 heavy (non-hydrogen) atoms. The SMILES string of the molecule is CCC(CBr)CN(CC(C)C)C(C)C. The standard InChI is InChI=1S/C12H26BrN/c1-6-12(7-13)9-14(11(4)5)8-10(2)3/h10-12H,6-9H2,1-5H3. The number of hydrogen-bond donors (Lipinski definition) is 0. The predicted octanol–water partition coefficient (Wildman–Crippen LogP) is 3.77. The van der Waals surface area contributed by atoms with Crippen LogP contribution in [0.2, 0.25) is 0 Å². The van der Waals surface area contributed by atoms with E-state index in [1.54, 1.807) is 0 Å². The number of halogens is 1. The molecule has 0 N–H and O–H groups in total. The van der Waals surface area contributed by atoms with E-state index in [4.69, 9.17) is 0 Å². The van der Waals surface area contributed by atoms with Crippen LogP contribution in [-0.2, 0) is 0 Å². The summed E-state index contributed by atoms with van der Waals surface area (Å²) in [5.41, 5.74) is 0. The van der Waals surface area contributed by atoms with Crippen LogP contribution in [0.5, 0.6) is 0 Å². The normalized spacial score (nSPS) is 14.4. The van der Waals surface area contributed by atoms with Crippen molar-refractivity contribution in [2.75, 3.05) is 18.4 Å². The molecule has 1 nitrogen and oxygen atoms in total. The second-order valence-electron chi connectivity index (χ2n) is 4.87. The van der Waals surface area contributed by atoms with E-state index in [0.29, 0.717) is 6.04 Å². The molecule has 0 saturated carbocycles. The van der Waals surface area contributed by atoms with Crippen LogP contribution < -0.4 is 0 Å². The molecular formula is C12H26BrN. The summed E-state index contributed by atoms with van der Waals surface area (Å²) in [4.78, 5) is 2.60. The van der Waals surface area contributed by atoms with E-state index in [-0.39, 0.29) is 0 Å². The molecule has 0 radical (unpaired) electrons. The Morgan fingerprint density at radius 2 is 1.64 bits per heavy atom. The van der Waals surface area contributed by atoms with Gasteiger partial charge < -0.3 is 4.90 Å². The van der Waals surface area contributed by atoms with Crippen molar-refractivity contribution in [2.24, 2.45) is 11.8 Å². The van der Waals surface area contributed by atoms with Crippen LogP contribution in [0.3, 0.4) is 0 Å². The Morgan fingerprint density at radius 3 is 1.93 bits per heavy atom. The average molecular weight is 264 g/mol. The van der Waals surface area contributed by atoms with Gasteiger partial charge in [0.2, 0.25) is 0 Å². The molecule has 0 aromatic heterocycles. The second kappa shape index (κ2) is 7.70. The molecule has 0 fully saturated rings. The Morgan fingerprint density at radius 1 is 1.07 bits per heavy atom. The van der Waals surface area contributed by atoms with E-state index >= 15 is 0 Å². The van der Waals surface area contributed by atoms with Crippen molar-refractivity contribution in [3.8, 4) is 0 Å². The third-order valence-corrected chi connectivity index (χ3v) is 3.53. The van der Waals surface area contributed by atoms with Crippen LogP contribution in [0.4, 0.5) is 0 Å². The average Bonchev–Trinajstić information content (AvgIpc) is 2.11. The van der Waals surface area contributed by atoms with Crippen LogP contribution in [0.25, 0.3) is 0 Å². The Labute approximate surface area is 98.4 Å². The predicted molar refractivity (Wildman–Crippen MR) is 69.1 cm³/mol. The van der Waals surface area contributed by atoms with Gasteiger partial charge in [0.1, 0.15) is 0 Å². The molecule has 1 atom stereocenters. The van der Waals surface area contributed by atoms with E-state index in [9.17, 15) is 0 Å². The van der Waals surface area contributed by atoms with Gasteiger partial charge in [-0.25, -0.2) is 0 Å². The third kappa shape index (κ3) is 6.02. The number of alkyl halides is 1. The minimum atomic E-state index is 0.672. The quantitative estimate of drug-likeness (QED) is 0.633. The summed E-state index contributed by atoms with van der Waals surface area (Å²) in [5, 5.41) is 1.13. The summed E-state index contributed by atoms with van der Waals surface area (Å²) >= 11 is 3.59. The van der Waals surface area contributed by atoms with Crippen LogP contribution in [0.15, 0.2) is 0 Å². The van der Waals surface area contributed by atoms with Crippen molar-refractivity contribution < 1.29 is 0 Å². The molecule has 86 valence electrons. The first-order valence-corrected chi connectivity index (χ1v) is 6.93. The van der Waals surface area contributed by atoms with Crippen molar-refractivity contribution in [1.29, 1.82) is 0 Å². The van der Waals surface area contributed by atoms with E-state index in [1.165, 1.54) is 19.5 Å². The van der Waals surface area contributed by atoms with Gasteiger partial charge in [0.05, 0.1) is 0 Å². The summed E-state index contributed by atoms with van der Waals surface area (Å²) in [6.45, 7) is 13.9. The largest absolute Gasteiger partial charge is 0.300 e. The molecule has 0 spiro atoms. The van der Waals surface area contributed by atoms with Crippen molar-refractivity contribution >= 4 is 15.9 Å². The summed E-state index contributed by atoms with van der Waals surface area (Å²) in [7, 11) is 0. The first kappa shape index (κ1) is 14.4. The molecule has 0 aromatic carbocycles. The molecule has 0 aliphatic rings. The fourth-order valence-corrected chi connectivity index (χ4v) is 2.25. The monoisotopic (exact) mass is 263 g/mol. The highest BCUT2D eigenvalue weighted by molar-refractivity contribution is 9.09. The van der Waals surface area contributed by atoms with Crippen LogP contribution in [0.1, 0.15) is 41.0 Å². The van der Waals surface area contributed by atoms with Gasteiger partial charge >= 0.3 is 0 Å².